The zero-order valence-electron chi connectivity index (χ0n) is 18.3. The fourth-order valence-corrected chi connectivity index (χ4v) is 4.51. The number of nitrogens with one attached hydrogen (secondary N) is 1. The molecule has 0 aliphatic carbocycles. The lowest BCUT2D eigenvalue weighted by atomic mass is 9.98. The molecule has 1 atom stereocenters. The molecule has 1 heterocycles. The SMILES string of the molecule is CCC(C)c1ccccc1OCCCOc1c(Cl)cc(C=C2SC(=S)NC2=O)cc1OC. The van der Waals surface area contributed by atoms with E-state index in [1.807, 2.05) is 18.2 Å². The summed E-state index contributed by atoms with van der Waals surface area (Å²) in [4.78, 5) is 12.4. The molecule has 32 heavy (non-hydrogen) atoms. The third-order valence-electron chi connectivity index (χ3n) is 5.05. The van der Waals surface area contributed by atoms with Gasteiger partial charge in [0.15, 0.2) is 11.5 Å². The largest absolute Gasteiger partial charge is 0.493 e. The normalized spacial score (nSPS) is 15.6. The van der Waals surface area contributed by atoms with E-state index in [2.05, 4.69) is 25.2 Å². The van der Waals surface area contributed by atoms with Crippen LogP contribution in [0, 0.1) is 0 Å². The van der Waals surface area contributed by atoms with Crippen molar-refractivity contribution in [1.29, 1.82) is 0 Å². The molecule has 1 aliphatic heterocycles. The second kappa shape index (κ2) is 11.6. The number of rotatable bonds is 10. The van der Waals surface area contributed by atoms with Gasteiger partial charge in [0.05, 0.1) is 30.3 Å². The predicted molar refractivity (Wildman–Crippen MR) is 135 cm³/mol. The summed E-state index contributed by atoms with van der Waals surface area (Å²) in [5.74, 6) is 2.12. The topological polar surface area (TPSA) is 56.8 Å². The molecule has 8 heteroatoms. The number of carbonyl (C=O) groups is 1. The molecule has 170 valence electrons. The van der Waals surface area contributed by atoms with Gasteiger partial charge in [-0.2, -0.15) is 0 Å². The Morgan fingerprint density at radius 2 is 1.94 bits per heavy atom. The number of ether oxygens (including phenoxy) is 3. The molecule has 1 saturated heterocycles. The van der Waals surface area contributed by atoms with E-state index < -0.39 is 0 Å². The Labute approximate surface area is 203 Å². The Hall–Kier alpha value is -2.22. The van der Waals surface area contributed by atoms with Gasteiger partial charge in [0.2, 0.25) is 0 Å². The summed E-state index contributed by atoms with van der Waals surface area (Å²) in [5, 5.41) is 3.00. The molecule has 3 rings (SSSR count). The first-order chi connectivity index (χ1) is 15.4. The fourth-order valence-electron chi connectivity index (χ4n) is 3.19. The average molecular weight is 492 g/mol. The fraction of sp³-hybridized carbons (Fsp3) is 0.333. The van der Waals surface area contributed by atoms with Crippen molar-refractivity contribution in [2.45, 2.75) is 32.6 Å². The second-order valence-corrected chi connectivity index (χ2v) is 9.41. The van der Waals surface area contributed by atoms with Gasteiger partial charge in [-0.3, -0.25) is 4.79 Å². The summed E-state index contributed by atoms with van der Waals surface area (Å²) in [5.41, 5.74) is 1.95. The van der Waals surface area contributed by atoms with Crippen LogP contribution < -0.4 is 19.5 Å². The average Bonchev–Trinajstić information content (AvgIpc) is 3.10. The molecular formula is C24H26ClNO4S2. The van der Waals surface area contributed by atoms with E-state index in [1.165, 1.54) is 17.3 Å². The van der Waals surface area contributed by atoms with Crippen LogP contribution in [-0.2, 0) is 4.79 Å². The summed E-state index contributed by atoms with van der Waals surface area (Å²) in [6, 6.07) is 11.7. The van der Waals surface area contributed by atoms with Crippen molar-refractivity contribution in [3.05, 3.63) is 57.5 Å². The molecule has 0 bridgehead atoms. The lowest BCUT2D eigenvalue weighted by Crippen LogP contribution is -2.17. The van der Waals surface area contributed by atoms with E-state index in [0.29, 0.717) is 51.3 Å². The van der Waals surface area contributed by atoms with Gasteiger partial charge in [0.25, 0.3) is 5.91 Å². The van der Waals surface area contributed by atoms with Crippen LogP contribution in [0.1, 0.15) is 43.7 Å². The van der Waals surface area contributed by atoms with Gasteiger partial charge >= 0.3 is 0 Å². The van der Waals surface area contributed by atoms with E-state index in [-0.39, 0.29) is 5.91 Å². The molecule has 0 saturated carbocycles. The highest BCUT2D eigenvalue weighted by Crippen LogP contribution is 2.38. The van der Waals surface area contributed by atoms with Gasteiger partial charge in [0.1, 0.15) is 10.1 Å². The molecule has 1 amide bonds. The molecule has 0 radical (unpaired) electrons. The Balaban J connectivity index is 1.59. The number of hydrogen-bond donors (Lipinski definition) is 1. The Bertz CT molecular complexity index is 1030. The van der Waals surface area contributed by atoms with Gasteiger partial charge in [-0.1, -0.05) is 67.6 Å². The number of methoxy groups -OCH3 is 1. The summed E-state index contributed by atoms with van der Waals surface area (Å²) < 4.78 is 17.8. The van der Waals surface area contributed by atoms with Crippen LogP contribution in [0.15, 0.2) is 41.3 Å². The monoisotopic (exact) mass is 491 g/mol. The molecule has 1 N–H and O–H groups in total. The molecule has 0 spiro atoms. The third kappa shape index (κ3) is 6.18. The molecule has 1 aliphatic rings. The molecule has 5 nitrogen and oxygen atoms in total. The first-order valence-electron chi connectivity index (χ1n) is 10.4. The number of thioether (sulfide) groups is 1. The highest BCUT2D eigenvalue weighted by atomic mass is 35.5. The van der Waals surface area contributed by atoms with Gasteiger partial charge in [-0.15, -0.1) is 0 Å². The Morgan fingerprint density at radius 1 is 1.19 bits per heavy atom. The first-order valence-corrected chi connectivity index (χ1v) is 12.0. The zero-order valence-corrected chi connectivity index (χ0v) is 20.7. The number of para-hydroxylation sites is 1. The van der Waals surface area contributed by atoms with Gasteiger partial charge < -0.3 is 19.5 Å². The maximum atomic E-state index is 11.9. The van der Waals surface area contributed by atoms with Gasteiger partial charge in [-0.25, -0.2) is 0 Å². The van der Waals surface area contributed by atoms with Crippen molar-refractivity contribution in [3.63, 3.8) is 0 Å². The van der Waals surface area contributed by atoms with Crippen LogP contribution in [0.25, 0.3) is 6.08 Å². The maximum Gasteiger partial charge on any atom is 0.263 e. The summed E-state index contributed by atoms with van der Waals surface area (Å²) in [7, 11) is 1.55. The van der Waals surface area contributed by atoms with E-state index in [0.717, 1.165) is 17.7 Å². The molecule has 2 aromatic carbocycles. The van der Waals surface area contributed by atoms with E-state index in [4.69, 9.17) is 38.0 Å². The minimum atomic E-state index is -0.217. The van der Waals surface area contributed by atoms with Gasteiger partial charge in [-0.05, 0) is 47.7 Å². The first kappa shape index (κ1) is 24.4. The molecular weight excluding hydrogens is 466 g/mol. The van der Waals surface area contributed by atoms with Gasteiger partial charge in [0, 0.05) is 6.42 Å². The van der Waals surface area contributed by atoms with Crippen LogP contribution >= 0.6 is 35.6 Å². The van der Waals surface area contributed by atoms with Crippen LogP contribution in [-0.4, -0.2) is 30.6 Å². The Morgan fingerprint density at radius 3 is 2.62 bits per heavy atom. The number of hydrogen-bond acceptors (Lipinski definition) is 6. The number of carbonyl (C=O) groups excluding carboxylic acids is 1. The highest BCUT2D eigenvalue weighted by Gasteiger charge is 2.22. The molecule has 1 fully saturated rings. The quantitative estimate of drug-likeness (QED) is 0.242. The van der Waals surface area contributed by atoms with Crippen LogP contribution in [0.3, 0.4) is 0 Å². The van der Waals surface area contributed by atoms with E-state index in [1.54, 1.807) is 25.3 Å². The number of halogens is 1. The highest BCUT2D eigenvalue weighted by molar-refractivity contribution is 8.26. The number of amides is 1. The van der Waals surface area contributed by atoms with Crippen LogP contribution in [0.4, 0.5) is 0 Å². The molecule has 2 aromatic rings. The van der Waals surface area contributed by atoms with Crippen LogP contribution in [0.5, 0.6) is 17.2 Å². The van der Waals surface area contributed by atoms with Crippen molar-refractivity contribution in [3.8, 4) is 17.2 Å². The molecule has 1 unspecified atom stereocenters. The number of benzene rings is 2. The smallest absolute Gasteiger partial charge is 0.263 e. The summed E-state index contributed by atoms with van der Waals surface area (Å²) in [6.45, 7) is 5.33. The minimum Gasteiger partial charge on any atom is -0.493 e. The zero-order chi connectivity index (χ0) is 23.1. The van der Waals surface area contributed by atoms with Crippen molar-refractivity contribution in [1.82, 2.24) is 5.32 Å². The summed E-state index contributed by atoms with van der Waals surface area (Å²) >= 11 is 12.7. The lowest BCUT2D eigenvalue weighted by Gasteiger charge is -2.16. The molecule has 0 aromatic heterocycles. The van der Waals surface area contributed by atoms with Crippen LogP contribution in [0.2, 0.25) is 5.02 Å². The van der Waals surface area contributed by atoms with Crippen molar-refractivity contribution in [2.24, 2.45) is 0 Å². The minimum absolute atomic E-state index is 0.217. The second-order valence-electron chi connectivity index (χ2n) is 7.28. The lowest BCUT2D eigenvalue weighted by molar-refractivity contribution is -0.115. The predicted octanol–water partition coefficient (Wildman–Crippen LogP) is 6.20. The van der Waals surface area contributed by atoms with Crippen molar-refractivity contribution in [2.75, 3.05) is 20.3 Å². The summed E-state index contributed by atoms with van der Waals surface area (Å²) in [6.07, 6.45) is 3.47. The van der Waals surface area contributed by atoms with E-state index >= 15 is 0 Å². The standard InChI is InChI=1S/C24H26ClNO4S2/c1-4-15(2)17-8-5-6-9-19(17)29-10-7-11-30-22-18(25)12-16(13-20(22)28-3)14-21-23(27)26-24(31)32-21/h5-6,8-9,12-15H,4,7,10-11H2,1-3H3,(H,26,27,31). The third-order valence-corrected chi connectivity index (χ3v) is 6.49. The Kier molecular flexibility index (Phi) is 8.84. The maximum absolute atomic E-state index is 11.9. The van der Waals surface area contributed by atoms with Crippen molar-refractivity contribution < 1.29 is 19.0 Å². The van der Waals surface area contributed by atoms with Crippen molar-refractivity contribution >= 4 is 51.9 Å². The van der Waals surface area contributed by atoms with E-state index in [9.17, 15) is 4.79 Å². The number of thiocarbonyl (C=S) groups is 1.